The lowest BCUT2D eigenvalue weighted by Gasteiger charge is -2.07. The van der Waals surface area contributed by atoms with Crippen molar-refractivity contribution >= 4 is 27.7 Å². The van der Waals surface area contributed by atoms with Crippen molar-refractivity contribution in [1.29, 1.82) is 0 Å². The molecule has 0 fully saturated rings. The normalized spacial score (nSPS) is 13.8. The molecule has 5 heteroatoms. The molecule has 96 valence electrons. The third-order valence-electron chi connectivity index (χ3n) is 2.84. The summed E-state index contributed by atoms with van der Waals surface area (Å²) in [7, 11) is 0. The van der Waals surface area contributed by atoms with Crippen LogP contribution in [0.4, 0.5) is 13.2 Å². The van der Waals surface area contributed by atoms with Crippen molar-refractivity contribution in [3.05, 3.63) is 34.7 Å². The Bertz CT molecular complexity index is 571. The van der Waals surface area contributed by atoms with Crippen LogP contribution in [0.25, 0.3) is 10.1 Å². The Morgan fingerprint density at radius 2 is 2.06 bits per heavy atom. The number of hydrogen-bond acceptors (Lipinski definition) is 2. The summed E-state index contributed by atoms with van der Waals surface area (Å²) >= 11 is 0.743. The van der Waals surface area contributed by atoms with E-state index >= 15 is 0 Å². The van der Waals surface area contributed by atoms with E-state index in [2.05, 4.69) is 0 Å². The molecule has 0 saturated carbocycles. The predicted molar refractivity (Wildman–Crippen MR) is 65.9 cm³/mol. The minimum absolute atomic E-state index is 0.0288. The smallest absolute Gasteiger partial charge is 0.303 e. The van der Waals surface area contributed by atoms with Gasteiger partial charge in [0, 0.05) is 11.1 Å². The molecule has 0 spiro atoms. The highest BCUT2D eigenvalue weighted by molar-refractivity contribution is 7.19. The van der Waals surface area contributed by atoms with E-state index in [1.165, 1.54) is 0 Å². The van der Waals surface area contributed by atoms with Gasteiger partial charge in [0.25, 0.3) is 0 Å². The zero-order valence-corrected chi connectivity index (χ0v) is 10.4. The van der Waals surface area contributed by atoms with Crippen LogP contribution in [0.2, 0.25) is 0 Å². The average Bonchev–Trinajstić information content (AvgIpc) is 2.71. The van der Waals surface area contributed by atoms with E-state index in [9.17, 15) is 18.0 Å². The summed E-state index contributed by atoms with van der Waals surface area (Å²) in [5.74, 6) is 0.0288. The Morgan fingerprint density at radius 1 is 1.33 bits per heavy atom. The first-order chi connectivity index (χ1) is 8.41. The summed E-state index contributed by atoms with van der Waals surface area (Å²) in [5, 5.41) is 0.586. The summed E-state index contributed by atoms with van der Waals surface area (Å²) in [5.41, 5.74) is 0.890. The van der Waals surface area contributed by atoms with Gasteiger partial charge in [-0.1, -0.05) is 19.1 Å². The lowest BCUT2D eigenvalue weighted by molar-refractivity contribution is -0.134. The van der Waals surface area contributed by atoms with Gasteiger partial charge in [-0.2, -0.15) is 13.2 Å². The molecular weight excluding hydrogens is 261 g/mol. The maximum atomic E-state index is 12.6. The number of benzene rings is 1. The molecule has 1 aromatic carbocycles. The second-order valence-electron chi connectivity index (χ2n) is 4.21. The highest BCUT2D eigenvalue weighted by Crippen LogP contribution is 2.38. The quantitative estimate of drug-likeness (QED) is 0.745. The summed E-state index contributed by atoms with van der Waals surface area (Å²) in [4.78, 5) is 9.86. The Kier molecular flexibility index (Phi) is 3.43. The molecule has 1 nitrogen and oxygen atoms in total. The van der Waals surface area contributed by atoms with Crippen LogP contribution in [0, 0.1) is 0 Å². The van der Waals surface area contributed by atoms with E-state index in [1.807, 2.05) is 6.92 Å². The van der Waals surface area contributed by atoms with Gasteiger partial charge >= 0.3 is 6.18 Å². The second kappa shape index (κ2) is 4.72. The first-order valence-corrected chi connectivity index (χ1v) is 6.28. The number of carbonyl (C=O) groups is 1. The number of alkyl halides is 3. The summed E-state index contributed by atoms with van der Waals surface area (Å²) in [6, 6.07) is 6.37. The lowest BCUT2D eigenvalue weighted by Crippen LogP contribution is -2.00. The number of halogens is 3. The summed E-state index contributed by atoms with van der Waals surface area (Å²) in [6.45, 7) is 1.88. The van der Waals surface area contributed by atoms with E-state index in [0.717, 1.165) is 29.3 Å². The molecule has 0 aliphatic heterocycles. The fourth-order valence-electron chi connectivity index (χ4n) is 1.79. The number of fused-ring (bicyclic) bond motifs is 1. The first kappa shape index (κ1) is 13.1. The molecule has 0 bridgehead atoms. The van der Waals surface area contributed by atoms with Crippen LogP contribution < -0.4 is 0 Å². The first-order valence-electron chi connectivity index (χ1n) is 5.46. The maximum Gasteiger partial charge on any atom is 0.425 e. The largest absolute Gasteiger partial charge is 0.425 e. The standard InChI is InChI=1S/C13H11F3OS/c1-8(4-5-17)9-2-3-11-10(6-9)7-12(18-11)13(14,15)16/h2-3,5-8H,4H2,1H3. The minimum Gasteiger partial charge on any atom is -0.303 e. The van der Waals surface area contributed by atoms with Gasteiger partial charge in [0.15, 0.2) is 0 Å². The number of thiophene rings is 1. The van der Waals surface area contributed by atoms with Crippen molar-refractivity contribution in [2.75, 3.05) is 0 Å². The van der Waals surface area contributed by atoms with Crippen molar-refractivity contribution in [2.24, 2.45) is 0 Å². The van der Waals surface area contributed by atoms with Crippen LogP contribution in [0.5, 0.6) is 0 Å². The Labute approximate surface area is 106 Å². The van der Waals surface area contributed by atoms with Crippen molar-refractivity contribution in [3.8, 4) is 0 Å². The summed E-state index contributed by atoms with van der Waals surface area (Å²) < 4.78 is 38.3. The number of hydrogen-bond donors (Lipinski definition) is 0. The number of aldehydes is 1. The fourth-order valence-corrected chi connectivity index (χ4v) is 2.70. The molecule has 18 heavy (non-hydrogen) atoms. The number of carbonyl (C=O) groups excluding carboxylic acids is 1. The SMILES string of the molecule is CC(CC=O)c1ccc2sc(C(F)(F)F)cc2c1. The van der Waals surface area contributed by atoms with Gasteiger partial charge in [-0.15, -0.1) is 11.3 Å². The third kappa shape index (κ3) is 2.56. The monoisotopic (exact) mass is 272 g/mol. The molecular formula is C13H11F3OS. The van der Waals surface area contributed by atoms with Crippen LogP contribution in [0.15, 0.2) is 24.3 Å². The Balaban J connectivity index is 2.42. The van der Waals surface area contributed by atoms with Gasteiger partial charge in [-0.05, 0) is 29.0 Å². The molecule has 2 rings (SSSR count). The molecule has 0 aliphatic carbocycles. The fraction of sp³-hybridized carbons (Fsp3) is 0.308. The van der Waals surface area contributed by atoms with Gasteiger partial charge in [-0.3, -0.25) is 0 Å². The topological polar surface area (TPSA) is 17.1 Å². The van der Waals surface area contributed by atoms with Crippen LogP contribution in [0.1, 0.15) is 29.7 Å². The second-order valence-corrected chi connectivity index (χ2v) is 5.29. The lowest BCUT2D eigenvalue weighted by atomic mass is 9.97. The van der Waals surface area contributed by atoms with Crippen molar-refractivity contribution < 1.29 is 18.0 Å². The van der Waals surface area contributed by atoms with E-state index in [1.54, 1.807) is 18.2 Å². The average molecular weight is 272 g/mol. The van der Waals surface area contributed by atoms with Crippen LogP contribution in [-0.2, 0) is 11.0 Å². The molecule has 1 heterocycles. The number of rotatable bonds is 3. The molecule has 1 atom stereocenters. The van der Waals surface area contributed by atoms with Crippen molar-refractivity contribution in [2.45, 2.75) is 25.4 Å². The van der Waals surface area contributed by atoms with Crippen LogP contribution in [-0.4, -0.2) is 6.29 Å². The van der Waals surface area contributed by atoms with E-state index in [-0.39, 0.29) is 5.92 Å². The van der Waals surface area contributed by atoms with Crippen LogP contribution >= 0.6 is 11.3 Å². The van der Waals surface area contributed by atoms with Gasteiger partial charge < -0.3 is 4.79 Å². The highest BCUT2D eigenvalue weighted by atomic mass is 32.1. The molecule has 1 aromatic heterocycles. The summed E-state index contributed by atoms with van der Waals surface area (Å²) in [6.07, 6.45) is -3.09. The molecule has 0 amide bonds. The van der Waals surface area contributed by atoms with Crippen molar-refractivity contribution in [1.82, 2.24) is 0 Å². The van der Waals surface area contributed by atoms with E-state index in [4.69, 9.17) is 0 Å². The van der Waals surface area contributed by atoms with Gasteiger partial charge in [0.2, 0.25) is 0 Å². The van der Waals surface area contributed by atoms with Gasteiger partial charge in [0.1, 0.15) is 11.2 Å². The van der Waals surface area contributed by atoms with Gasteiger partial charge in [-0.25, -0.2) is 0 Å². The van der Waals surface area contributed by atoms with E-state index < -0.39 is 11.1 Å². The van der Waals surface area contributed by atoms with E-state index in [0.29, 0.717) is 16.5 Å². The molecule has 2 aromatic rings. The van der Waals surface area contributed by atoms with Crippen LogP contribution in [0.3, 0.4) is 0 Å². The molecule has 1 unspecified atom stereocenters. The molecule has 0 saturated heterocycles. The third-order valence-corrected chi connectivity index (χ3v) is 4.00. The van der Waals surface area contributed by atoms with Gasteiger partial charge in [0.05, 0.1) is 0 Å². The maximum absolute atomic E-state index is 12.6. The van der Waals surface area contributed by atoms with Crippen molar-refractivity contribution in [3.63, 3.8) is 0 Å². The highest BCUT2D eigenvalue weighted by Gasteiger charge is 2.32. The zero-order chi connectivity index (χ0) is 13.3. The predicted octanol–water partition coefficient (Wildman–Crippen LogP) is 4.61. The molecule has 0 aliphatic rings. The minimum atomic E-state index is -4.29. The Morgan fingerprint density at radius 3 is 2.67 bits per heavy atom. The Hall–Kier alpha value is -1.36. The molecule has 0 radical (unpaired) electrons. The zero-order valence-electron chi connectivity index (χ0n) is 9.62. The molecule has 0 N–H and O–H groups in total.